The van der Waals surface area contributed by atoms with Gasteiger partial charge in [0, 0.05) is 38.1 Å². The highest BCUT2D eigenvalue weighted by Gasteiger charge is 2.20. The summed E-state index contributed by atoms with van der Waals surface area (Å²) in [7, 11) is 0. The van der Waals surface area contributed by atoms with Gasteiger partial charge in [0.1, 0.15) is 17.1 Å². The fraction of sp³-hybridized carbons (Fsp3) is 0.379. The maximum atomic E-state index is 12.9. The summed E-state index contributed by atoms with van der Waals surface area (Å²) in [4.78, 5) is 22.2. The van der Waals surface area contributed by atoms with Gasteiger partial charge in [0.05, 0.1) is 17.7 Å². The molecule has 3 heterocycles. The number of pyridine rings is 1. The van der Waals surface area contributed by atoms with Crippen LogP contribution in [0.1, 0.15) is 49.4 Å². The Kier molecular flexibility index (Phi) is 7.93. The maximum Gasteiger partial charge on any atom is 0.281 e. The van der Waals surface area contributed by atoms with Crippen molar-refractivity contribution >= 4 is 28.4 Å². The Balaban J connectivity index is 1.12. The quantitative estimate of drug-likeness (QED) is 0.279. The zero-order chi connectivity index (χ0) is 25.5. The molecule has 5 rings (SSSR count). The Morgan fingerprint density at radius 2 is 1.62 bits per heavy atom. The van der Waals surface area contributed by atoms with E-state index in [1.54, 1.807) is 6.20 Å². The van der Waals surface area contributed by atoms with E-state index in [0.29, 0.717) is 16.6 Å². The lowest BCUT2D eigenvalue weighted by molar-refractivity contribution is 0.0948. The number of piperazine rings is 1. The number of para-hydroxylation sites is 1. The Labute approximate surface area is 217 Å². The second kappa shape index (κ2) is 11.9. The molecular weight excluding hydrogens is 464 g/mol. The molecule has 2 aromatic carbocycles. The summed E-state index contributed by atoms with van der Waals surface area (Å²) in [5, 5.41) is 8.09. The summed E-state index contributed by atoms with van der Waals surface area (Å²) < 4.78 is 7.23. The van der Waals surface area contributed by atoms with E-state index in [-0.39, 0.29) is 5.91 Å². The van der Waals surface area contributed by atoms with Crippen LogP contribution in [-0.2, 0) is 0 Å². The van der Waals surface area contributed by atoms with Crippen molar-refractivity contribution in [2.75, 3.05) is 42.6 Å². The molecule has 0 atom stereocenters. The number of aromatic nitrogens is 4. The number of ether oxygens (including phenoxy) is 1. The number of rotatable bonds is 10. The Morgan fingerprint density at radius 3 is 2.38 bits per heavy atom. The average Bonchev–Trinajstić information content (AvgIpc) is 3.39. The summed E-state index contributed by atoms with van der Waals surface area (Å²) >= 11 is 0. The average molecular weight is 499 g/mol. The first-order chi connectivity index (χ1) is 18.2. The normalized spacial score (nSPS) is 13.8. The number of hydrogen-bond acceptors (Lipinski definition) is 7. The van der Waals surface area contributed by atoms with Crippen LogP contribution in [0.4, 0.5) is 11.5 Å². The van der Waals surface area contributed by atoms with Gasteiger partial charge in [0.25, 0.3) is 5.91 Å². The minimum Gasteiger partial charge on any atom is -0.494 e. The first kappa shape index (κ1) is 24.7. The zero-order valence-electron chi connectivity index (χ0n) is 21.4. The first-order valence-corrected chi connectivity index (χ1v) is 13.3. The SMILES string of the molecule is CCCCCCCOc1ccc(N2CCN(c3ccc(C(=O)n4nnc5ccccc54)cn3)CC2)cc1. The van der Waals surface area contributed by atoms with Crippen LogP contribution in [0.2, 0.25) is 0 Å². The Hall–Kier alpha value is -3.94. The predicted molar refractivity (Wildman–Crippen MR) is 147 cm³/mol. The minimum atomic E-state index is -0.235. The number of nitrogens with zero attached hydrogens (tertiary/aromatic N) is 6. The molecule has 0 unspecified atom stereocenters. The van der Waals surface area contributed by atoms with Gasteiger partial charge in [0.2, 0.25) is 0 Å². The van der Waals surface area contributed by atoms with Gasteiger partial charge in [-0.05, 0) is 55.0 Å². The van der Waals surface area contributed by atoms with E-state index in [0.717, 1.165) is 50.8 Å². The first-order valence-electron chi connectivity index (χ1n) is 13.3. The molecule has 1 saturated heterocycles. The number of carbonyl (C=O) groups is 1. The third-order valence-corrected chi connectivity index (χ3v) is 6.86. The van der Waals surface area contributed by atoms with Crippen molar-refractivity contribution in [1.29, 1.82) is 0 Å². The van der Waals surface area contributed by atoms with Crippen LogP contribution in [0.5, 0.6) is 5.75 Å². The van der Waals surface area contributed by atoms with Crippen molar-refractivity contribution in [3.8, 4) is 5.75 Å². The topological polar surface area (TPSA) is 76.4 Å². The van der Waals surface area contributed by atoms with Crippen molar-refractivity contribution in [3.05, 3.63) is 72.4 Å². The van der Waals surface area contributed by atoms with Crippen LogP contribution < -0.4 is 14.5 Å². The van der Waals surface area contributed by atoms with E-state index in [4.69, 9.17) is 4.74 Å². The van der Waals surface area contributed by atoms with Gasteiger partial charge < -0.3 is 14.5 Å². The van der Waals surface area contributed by atoms with Crippen LogP contribution in [0.15, 0.2) is 66.9 Å². The highest BCUT2D eigenvalue weighted by atomic mass is 16.5. The van der Waals surface area contributed by atoms with Crippen molar-refractivity contribution in [2.24, 2.45) is 0 Å². The van der Waals surface area contributed by atoms with Gasteiger partial charge in [-0.15, -0.1) is 5.10 Å². The molecule has 192 valence electrons. The maximum absolute atomic E-state index is 12.9. The Bertz CT molecular complexity index is 1290. The zero-order valence-corrected chi connectivity index (χ0v) is 21.4. The molecular formula is C29H34N6O2. The van der Waals surface area contributed by atoms with Gasteiger partial charge in [0.15, 0.2) is 0 Å². The number of fused-ring (bicyclic) bond motifs is 1. The van der Waals surface area contributed by atoms with Crippen LogP contribution in [0.25, 0.3) is 11.0 Å². The predicted octanol–water partition coefficient (Wildman–Crippen LogP) is 5.19. The largest absolute Gasteiger partial charge is 0.494 e. The number of carbonyl (C=O) groups excluding carboxylic acids is 1. The number of unbranched alkanes of at least 4 members (excludes halogenated alkanes) is 4. The number of benzene rings is 2. The van der Waals surface area contributed by atoms with Crippen LogP contribution in [0.3, 0.4) is 0 Å². The molecule has 1 aliphatic heterocycles. The molecule has 4 aromatic rings. The lowest BCUT2D eigenvalue weighted by Gasteiger charge is -2.36. The lowest BCUT2D eigenvalue weighted by Crippen LogP contribution is -2.46. The van der Waals surface area contributed by atoms with Gasteiger partial charge in [-0.25, -0.2) is 4.98 Å². The van der Waals surface area contributed by atoms with E-state index >= 15 is 0 Å². The van der Waals surface area contributed by atoms with E-state index in [1.165, 1.54) is 36.1 Å². The monoisotopic (exact) mass is 498 g/mol. The van der Waals surface area contributed by atoms with E-state index < -0.39 is 0 Å². The highest BCUT2D eigenvalue weighted by Crippen LogP contribution is 2.23. The summed E-state index contributed by atoms with van der Waals surface area (Å²) in [5.74, 6) is 1.58. The second-order valence-electron chi connectivity index (χ2n) is 9.43. The highest BCUT2D eigenvalue weighted by molar-refractivity contribution is 6.00. The van der Waals surface area contributed by atoms with E-state index in [1.807, 2.05) is 36.4 Å². The molecule has 0 saturated carbocycles. The molecule has 0 radical (unpaired) electrons. The Morgan fingerprint density at radius 1 is 0.865 bits per heavy atom. The van der Waals surface area contributed by atoms with Crippen molar-refractivity contribution in [3.63, 3.8) is 0 Å². The van der Waals surface area contributed by atoms with Gasteiger partial charge in [-0.1, -0.05) is 50.0 Å². The third-order valence-electron chi connectivity index (χ3n) is 6.86. The van der Waals surface area contributed by atoms with Crippen molar-refractivity contribution in [1.82, 2.24) is 20.0 Å². The van der Waals surface area contributed by atoms with E-state index in [2.05, 4.69) is 56.3 Å². The molecule has 0 bridgehead atoms. The van der Waals surface area contributed by atoms with Crippen molar-refractivity contribution < 1.29 is 9.53 Å². The molecule has 1 aliphatic rings. The van der Waals surface area contributed by atoms with Crippen LogP contribution in [0, 0.1) is 0 Å². The van der Waals surface area contributed by atoms with Crippen LogP contribution in [-0.4, -0.2) is 58.7 Å². The minimum absolute atomic E-state index is 0.235. The summed E-state index contributed by atoms with van der Waals surface area (Å²) in [6.45, 7) is 6.57. The standard InChI is InChI=1S/C29H34N6O2/c1-2-3-4-5-8-21-37-25-14-12-24(13-15-25)33-17-19-34(20-18-33)28-16-11-23(22-30-28)29(36)35-27-10-7-6-9-26(27)31-32-35/h6-7,9-16,22H,2-5,8,17-21H2,1H3. The smallest absolute Gasteiger partial charge is 0.281 e. The van der Waals surface area contributed by atoms with Gasteiger partial charge in [-0.2, -0.15) is 4.68 Å². The molecule has 0 N–H and O–H groups in total. The van der Waals surface area contributed by atoms with E-state index in [9.17, 15) is 4.79 Å². The fourth-order valence-electron chi connectivity index (χ4n) is 4.68. The van der Waals surface area contributed by atoms with Gasteiger partial charge in [-0.3, -0.25) is 4.79 Å². The molecule has 37 heavy (non-hydrogen) atoms. The second-order valence-corrected chi connectivity index (χ2v) is 9.43. The molecule has 0 aliphatic carbocycles. The fourth-order valence-corrected chi connectivity index (χ4v) is 4.68. The lowest BCUT2D eigenvalue weighted by atomic mass is 10.2. The molecule has 0 amide bonds. The van der Waals surface area contributed by atoms with Crippen LogP contribution >= 0.6 is 0 Å². The number of anilines is 2. The van der Waals surface area contributed by atoms with Gasteiger partial charge >= 0.3 is 0 Å². The molecule has 8 heteroatoms. The molecule has 1 fully saturated rings. The molecule has 0 spiro atoms. The summed E-state index contributed by atoms with van der Waals surface area (Å²) in [6, 6.07) is 19.6. The number of hydrogen-bond donors (Lipinski definition) is 0. The van der Waals surface area contributed by atoms with Crippen molar-refractivity contribution in [2.45, 2.75) is 39.0 Å². The third kappa shape index (κ3) is 5.90. The molecule has 8 nitrogen and oxygen atoms in total. The summed E-state index contributed by atoms with van der Waals surface area (Å²) in [6.07, 6.45) is 7.85. The molecule has 2 aromatic heterocycles. The summed E-state index contributed by atoms with van der Waals surface area (Å²) in [5.41, 5.74) is 3.08.